The number of carboxylic acids is 1. The Labute approximate surface area is 171 Å². The third-order valence-corrected chi connectivity index (χ3v) is 5.86. The lowest BCUT2D eigenvalue weighted by Gasteiger charge is -2.39. The molecule has 1 aliphatic heterocycles. The summed E-state index contributed by atoms with van der Waals surface area (Å²) in [4.78, 5) is 28.2. The van der Waals surface area contributed by atoms with Gasteiger partial charge in [0.25, 0.3) is 0 Å². The predicted molar refractivity (Wildman–Crippen MR) is 111 cm³/mol. The molecule has 1 N–H and O–H groups in total. The molecular weight excluding hydrogens is 384 g/mol. The van der Waals surface area contributed by atoms with Gasteiger partial charge >= 0.3 is 5.97 Å². The molecule has 0 fully saturated rings. The van der Waals surface area contributed by atoms with E-state index in [0.717, 1.165) is 27.7 Å². The van der Waals surface area contributed by atoms with Crippen molar-refractivity contribution in [2.75, 3.05) is 0 Å². The van der Waals surface area contributed by atoms with Gasteiger partial charge in [-0.25, -0.2) is 9.78 Å². The number of fused-ring (bicyclic) bond motifs is 5. The Morgan fingerprint density at radius 1 is 1.23 bits per heavy atom. The molecule has 7 nitrogen and oxygen atoms in total. The van der Waals surface area contributed by atoms with E-state index in [1.54, 1.807) is 12.5 Å². The lowest BCUT2D eigenvalue weighted by atomic mass is 9.78. The summed E-state index contributed by atoms with van der Waals surface area (Å²) in [5.74, 6) is -0.629. The topological polar surface area (TPSA) is 98.5 Å². The van der Waals surface area contributed by atoms with E-state index in [1.165, 1.54) is 18.7 Å². The van der Waals surface area contributed by atoms with Crippen molar-refractivity contribution in [3.63, 3.8) is 0 Å². The summed E-state index contributed by atoms with van der Waals surface area (Å²) in [5.41, 5.74) is 3.13. The molecule has 1 aromatic carbocycles. The quantitative estimate of drug-likeness (QED) is 0.517. The number of carbonyl (C=O) groups is 1. The maximum absolute atomic E-state index is 12.6. The van der Waals surface area contributed by atoms with Crippen LogP contribution in [0.25, 0.3) is 33.6 Å². The fourth-order valence-electron chi connectivity index (χ4n) is 4.37. The second kappa shape index (κ2) is 6.19. The highest BCUT2D eigenvalue weighted by Gasteiger charge is 2.35. The van der Waals surface area contributed by atoms with Crippen LogP contribution in [0.3, 0.4) is 0 Å². The third-order valence-electron chi connectivity index (χ3n) is 5.86. The van der Waals surface area contributed by atoms with Gasteiger partial charge in [0.2, 0.25) is 0 Å². The molecule has 0 spiro atoms. The molecule has 0 amide bonds. The van der Waals surface area contributed by atoms with Crippen molar-refractivity contribution in [1.82, 2.24) is 9.55 Å². The van der Waals surface area contributed by atoms with E-state index in [4.69, 9.17) is 8.83 Å². The van der Waals surface area contributed by atoms with Crippen LogP contribution >= 0.6 is 0 Å². The molecule has 5 rings (SSSR count). The molecule has 4 heterocycles. The molecule has 1 atom stereocenters. The van der Waals surface area contributed by atoms with Gasteiger partial charge in [0.05, 0.1) is 18.2 Å². The number of hydrogen-bond donors (Lipinski definition) is 1. The van der Waals surface area contributed by atoms with Crippen molar-refractivity contribution < 1.29 is 18.7 Å². The molecule has 0 aliphatic carbocycles. The normalized spacial score (nSPS) is 15.8. The van der Waals surface area contributed by atoms with Crippen LogP contribution in [0, 0.1) is 5.41 Å². The SMILES string of the molecule is CC(C)(C)[C@@H]1Cc2c(cc(-c3cnco3)c3ccoc23)-c2cc(=O)c(C(=O)O)cn21. The molecule has 7 heteroatoms. The van der Waals surface area contributed by atoms with E-state index < -0.39 is 11.4 Å². The van der Waals surface area contributed by atoms with Gasteiger partial charge in [0.15, 0.2) is 17.6 Å². The van der Waals surface area contributed by atoms with Crippen LogP contribution in [0.4, 0.5) is 0 Å². The van der Waals surface area contributed by atoms with Gasteiger partial charge in [0.1, 0.15) is 11.1 Å². The largest absolute Gasteiger partial charge is 0.477 e. The number of rotatable bonds is 2. The Morgan fingerprint density at radius 2 is 2.03 bits per heavy atom. The number of pyridine rings is 1. The molecule has 3 aromatic heterocycles. The first-order chi connectivity index (χ1) is 14.3. The maximum atomic E-state index is 12.6. The Morgan fingerprint density at radius 3 is 2.70 bits per heavy atom. The van der Waals surface area contributed by atoms with Crippen molar-refractivity contribution in [2.45, 2.75) is 33.2 Å². The van der Waals surface area contributed by atoms with Crippen molar-refractivity contribution in [1.29, 1.82) is 0 Å². The molecule has 0 bridgehead atoms. The number of hydrogen-bond acceptors (Lipinski definition) is 5. The number of aromatic nitrogens is 2. The lowest BCUT2D eigenvalue weighted by molar-refractivity contribution is 0.0693. The molecule has 0 radical (unpaired) electrons. The van der Waals surface area contributed by atoms with Gasteiger partial charge in [-0.1, -0.05) is 20.8 Å². The zero-order valence-corrected chi connectivity index (χ0v) is 16.8. The van der Waals surface area contributed by atoms with Gasteiger partial charge in [-0.2, -0.15) is 0 Å². The average molecular weight is 404 g/mol. The standard InChI is InChI=1S/C23H20N2O5/c1-23(2,3)20-7-15-13(17-8-18(26)16(22(27)28)10-25(17)20)6-14(19-9-24-11-30-19)12-4-5-29-21(12)15/h4-6,8-11,20H,7H2,1-3H3,(H,27,28)/t20-/m0/s1. The van der Waals surface area contributed by atoms with Crippen LogP contribution in [0.5, 0.6) is 0 Å². The average Bonchev–Trinajstić information content (AvgIpc) is 3.37. The Bertz CT molecular complexity index is 1350. The molecule has 152 valence electrons. The predicted octanol–water partition coefficient (Wildman–Crippen LogP) is 4.76. The summed E-state index contributed by atoms with van der Waals surface area (Å²) in [7, 11) is 0. The molecule has 4 aromatic rings. The summed E-state index contributed by atoms with van der Waals surface area (Å²) in [5, 5.41) is 10.4. The van der Waals surface area contributed by atoms with Crippen molar-refractivity contribution >= 4 is 16.9 Å². The van der Waals surface area contributed by atoms with Gasteiger partial charge in [-0.15, -0.1) is 0 Å². The number of benzene rings is 1. The van der Waals surface area contributed by atoms with Crippen molar-refractivity contribution in [3.8, 4) is 22.6 Å². The minimum absolute atomic E-state index is 0.0527. The number of furan rings is 1. The van der Waals surface area contributed by atoms with Gasteiger partial charge in [-0.05, 0) is 24.0 Å². The number of nitrogens with zero attached hydrogens (tertiary/aromatic N) is 2. The highest BCUT2D eigenvalue weighted by Crippen LogP contribution is 2.47. The van der Waals surface area contributed by atoms with E-state index in [0.29, 0.717) is 17.9 Å². The summed E-state index contributed by atoms with van der Waals surface area (Å²) in [6, 6.07) is 5.23. The van der Waals surface area contributed by atoms with Crippen LogP contribution in [-0.2, 0) is 6.42 Å². The summed E-state index contributed by atoms with van der Waals surface area (Å²) in [6.45, 7) is 6.31. The Balaban J connectivity index is 1.88. The zero-order valence-electron chi connectivity index (χ0n) is 16.8. The fraction of sp³-hybridized carbons (Fsp3) is 0.261. The van der Waals surface area contributed by atoms with Gasteiger partial charge in [0, 0.05) is 40.4 Å². The van der Waals surface area contributed by atoms with Gasteiger partial charge < -0.3 is 18.5 Å². The van der Waals surface area contributed by atoms with Gasteiger partial charge in [-0.3, -0.25) is 4.79 Å². The van der Waals surface area contributed by atoms with Crippen LogP contribution < -0.4 is 5.43 Å². The molecular formula is C23H20N2O5. The number of oxazole rings is 1. The fourth-order valence-corrected chi connectivity index (χ4v) is 4.37. The summed E-state index contributed by atoms with van der Waals surface area (Å²) >= 11 is 0. The highest BCUT2D eigenvalue weighted by atomic mass is 16.4. The Kier molecular flexibility index (Phi) is 3.80. The van der Waals surface area contributed by atoms with E-state index in [-0.39, 0.29) is 17.0 Å². The second-order valence-electron chi connectivity index (χ2n) is 8.71. The lowest BCUT2D eigenvalue weighted by Crippen LogP contribution is -2.32. The number of aromatic carboxylic acids is 1. The maximum Gasteiger partial charge on any atom is 0.341 e. The van der Waals surface area contributed by atoms with Crippen LogP contribution in [0.1, 0.15) is 42.7 Å². The first-order valence-corrected chi connectivity index (χ1v) is 9.67. The number of carboxylic acid groups (broad SMARTS) is 1. The smallest absolute Gasteiger partial charge is 0.341 e. The molecule has 0 unspecified atom stereocenters. The Hall–Kier alpha value is -3.61. The third kappa shape index (κ3) is 2.62. The van der Waals surface area contributed by atoms with Crippen LogP contribution in [0.2, 0.25) is 0 Å². The first kappa shape index (κ1) is 18.4. The molecule has 30 heavy (non-hydrogen) atoms. The molecule has 0 saturated carbocycles. The summed E-state index contributed by atoms with van der Waals surface area (Å²) < 4.78 is 13.3. The second-order valence-corrected chi connectivity index (χ2v) is 8.71. The van der Waals surface area contributed by atoms with Crippen molar-refractivity contribution in [3.05, 3.63) is 64.6 Å². The highest BCUT2D eigenvalue weighted by molar-refractivity contribution is 5.99. The summed E-state index contributed by atoms with van der Waals surface area (Å²) in [6.07, 6.45) is 6.77. The van der Waals surface area contributed by atoms with E-state index >= 15 is 0 Å². The minimum atomic E-state index is -1.22. The van der Waals surface area contributed by atoms with Crippen molar-refractivity contribution in [2.24, 2.45) is 5.41 Å². The monoisotopic (exact) mass is 404 g/mol. The van der Waals surface area contributed by atoms with Crippen LogP contribution in [-0.4, -0.2) is 20.6 Å². The minimum Gasteiger partial charge on any atom is -0.477 e. The van der Waals surface area contributed by atoms with Crippen LogP contribution in [0.15, 0.2) is 56.9 Å². The molecule has 0 saturated heterocycles. The van der Waals surface area contributed by atoms with E-state index in [9.17, 15) is 14.7 Å². The zero-order chi connectivity index (χ0) is 21.2. The van der Waals surface area contributed by atoms with E-state index in [1.807, 2.05) is 16.7 Å². The first-order valence-electron chi connectivity index (χ1n) is 9.67. The van der Waals surface area contributed by atoms with E-state index in [2.05, 4.69) is 25.8 Å². The molecule has 1 aliphatic rings.